The van der Waals surface area contributed by atoms with E-state index in [0.29, 0.717) is 18.1 Å². The van der Waals surface area contributed by atoms with Gasteiger partial charge in [-0.1, -0.05) is 6.07 Å². The predicted molar refractivity (Wildman–Crippen MR) is 64.6 cm³/mol. The summed E-state index contributed by atoms with van der Waals surface area (Å²) in [7, 11) is 1.78. The van der Waals surface area contributed by atoms with Gasteiger partial charge in [0, 0.05) is 13.7 Å². The summed E-state index contributed by atoms with van der Waals surface area (Å²) in [6, 6.07) is 5.19. The van der Waals surface area contributed by atoms with Gasteiger partial charge in [0.05, 0.1) is 12.1 Å². The molecule has 5 heteroatoms. The average Bonchev–Trinajstić information content (AvgIpc) is 2.73. The summed E-state index contributed by atoms with van der Waals surface area (Å²) < 4.78 is 5.46. The molecule has 0 spiro atoms. The lowest BCUT2D eigenvalue weighted by molar-refractivity contribution is 0.0570. The van der Waals surface area contributed by atoms with Gasteiger partial charge in [0.15, 0.2) is 0 Å². The van der Waals surface area contributed by atoms with Crippen LogP contribution in [0.1, 0.15) is 23.8 Å². The number of pyridine rings is 1. The number of carbonyl (C=O) groups is 1. The molecule has 2 atom stereocenters. The molecule has 0 saturated carbocycles. The van der Waals surface area contributed by atoms with Crippen molar-refractivity contribution in [2.75, 3.05) is 19.4 Å². The Morgan fingerprint density at radius 3 is 2.94 bits per heavy atom. The lowest BCUT2D eigenvalue weighted by atomic mass is 10.1. The summed E-state index contributed by atoms with van der Waals surface area (Å²) in [4.78, 5) is 17.9. The Balaban J connectivity index is 2.14. The highest BCUT2D eigenvalue weighted by Crippen LogP contribution is 2.19. The Bertz CT molecular complexity index is 422. The number of nitrogens with zero attached hydrogens (tertiary/aromatic N) is 2. The fraction of sp³-hybridized carbons (Fsp3) is 0.500. The van der Waals surface area contributed by atoms with E-state index < -0.39 is 0 Å². The fourth-order valence-electron chi connectivity index (χ4n) is 2.13. The molecule has 5 nitrogen and oxygen atoms in total. The summed E-state index contributed by atoms with van der Waals surface area (Å²) in [6.45, 7) is 2.68. The molecule has 0 radical (unpaired) electrons. The van der Waals surface area contributed by atoms with Crippen molar-refractivity contribution in [3.63, 3.8) is 0 Å². The first-order chi connectivity index (χ1) is 8.09. The molecular formula is C12H17N3O2. The molecule has 1 aromatic rings. The third-order valence-electron chi connectivity index (χ3n) is 3.14. The van der Waals surface area contributed by atoms with Gasteiger partial charge < -0.3 is 15.4 Å². The highest BCUT2D eigenvalue weighted by atomic mass is 16.5. The Labute approximate surface area is 101 Å². The molecule has 2 heterocycles. The summed E-state index contributed by atoms with van der Waals surface area (Å²) in [5.41, 5.74) is 5.95. The zero-order chi connectivity index (χ0) is 12.4. The van der Waals surface area contributed by atoms with E-state index in [2.05, 4.69) is 4.98 Å². The minimum absolute atomic E-state index is 0.0741. The Morgan fingerprint density at radius 2 is 2.35 bits per heavy atom. The number of amides is 1. The molecule has 2 N–H and O–H groups in total. The largest absolute Gasteiger partial charge is 0.384 e. The molecule has 2 unspecified atom stereocenters. The van der Waals surface area contributed by atoms with Crippen molar-refractivity contribution < 1.29 is 9.53 Å². The number of carbonyl (C=O) groups excluding carboxylic acids is 1. The number of hydrogen-bond acceptors (Lipinski definition) is 4. The number of nitrogen functional groups attached to an aromatic ring is 1. The zero-order valence-corrected chi connectivity index (χ0v) is 10.1. The SMILES string of the molecule is CC1OCCC1N(C)C(=O)c1cccc(N)n1. The average molecular weight is 235 g/mol. The van der Waals surface area contributed by atoms with Crippen LogP contribution < -0.4 is 5.73 Å². The van der Waals surface area contributed by atoms with Crippen LogP contribution in [-0.4, -0.2) is 41.6 Å². The lowest BCUT2D eigenvalue weighted by Crippen LogP contribution is -2.41. The molecule has 2 rings (SSSR count). The quantitative estimate of drug-likeness (QED) is 0.827. The van der Waals surface area contributed by atoms with Crippen molar-refractivity contribution in [1.29, 1.82) is 0 Å². The molecule has 0 aromatic carbocycles. The minimum atomic E-state index is -0.111. The van der Waals surface area contributed by atoms with Crippen molar-refractivity contribution in [2.24, 2.45) is 0 Å². The van der Waals surface area contributed by atoms with E-state index in [0.717, 1.165) is 6.42 Å². The van der Waals surface area contributed by atoms with E-state index in [1.807, 2.05) is 6.92 Å². The van der Waals surface area contributed by atoms with Crippen molar-refractivity contribution in [3.8, 4) is 0 Å². The van der Waals surface area contributed by atoms with E-state index in [1.54, 1.807) is 30.1 Å². The molecule has 1 aliphatic rings. The number of anilines is 1. The first-order valence-electron chi connectivity index (χ1n) is 5.71. The van der Waals surface area contributed by atoms with Crippen LogP contribution in [0, 0.1) is 0 Å². The number of rotatable bonds is 2. The van der Waals surface area contributed by atoms with E-state index in [4.69, 9.17) is 10.5 Å². The Kier molecular flexibility index (Phi) is 3.28. The van der Waals surface area contributed by atoms with Gasteiger partial charge in [0.25, 0.3) is 5.91 Å². The van der Waals surface area contributed by atoms with Crippen LogP contribution in [0.2, 0.25) is 0 Å². The van der Waals surface area contributed by atoms with Crippen LogP contribution in [0.15, 0.2) is 18.2 Å². The second kappa shape index (κ2) is 4.71. The van der Waals surface area contributed by atoms with Gasteiger partial charge >= 0.3 is 0 Å². The van der Waals surface area contributed by atoms with Crippen molar-refractivity contribution >= 4 is 11.7 Å². The smallest absolute Gasteiger partial charge is 0.272 e. The van der Waals surface area contributed by atoms with Crippen LogP contribution >= 0.6 is 0 Å². The van der Waals surface area contributed by atoms with Crippen LogP contribution in [0.3, 0.4) is 0 Å². The minimum Gasteiger partial charge on any atom is -0.384 e. The first kappa shape index (κ1) is 11.9. The van der Waals surface area contributed by atoms with Crippen LogP contribution in [0.25, 0.3) is 0 Å². The van der Waals surface area contributed by atoms with Crippen LogP contribution in [0.4, 0.5) is 5.82 Å². The number of hydrogen-bond donors (Lipinski definition) is 1. The topological polar surface area (TPSA) is 68.5 Å². The van der Waals surface area contributed by atoms with Crippen molar-refractivity contribution in [3.05, 3.63) is 23.9 Å². The molecule has 92 valence electrons. The summed E-state index contributed by atoms with van der Waals surface area (Å²) in [6.07, 6.45) is 0.941. The molecule has 1 fully saturated rings. The molecular weight excluding hydrogens is 218 g/mol. The number of likely N-dealkylation sites (N-methyl/N-ethyl adjacent to an activating group) is 1. The van der Waals surface area contributed by atoms with Crippen molar-refractivity contribution in [2.45, 2.75) is 25.5 Å². The molecule has 1 amide bonds. The Hall–Kier alpha value is -1.62. The first-order valence-corrected chi connectivity index (χ1v) is 5.71. The van der Waals surface area contributed by atoms with Gasteiger partial charge in [0.2, 0.25) is 0 Å². The summed E-state index contributed by atoms with van der Waals surface area (Å²) >= 11 is 0. The number of nitrogens with two attached hydrogens (primary N) is 1. The van der Waals surface area contributed by atoms with Crippen LogP contribution in [-0.2, 0) is 4.74 Å². The zero-order valence-electron chi connectivity index (χ0n) is 10.1. The van der Waals surface area contributed by atoms with Crippen LogP contribution in [0.5, 0.6) is 0 Å². The molecule has 1 aliphatic heterocycles. The van der Waals surface area contributed by atoms with Crippen molar-refractivity contribution in [1.82, 2.24) is 9.88 Å². The van der Waals surface area contributed by atoms with E-state index in [1.165, 1.54) is 0 Å². The summed E-state index contributed by atoms with van der Waals surface area (Å²) in [5.74, 6) is 0.250. The molecule has 0 aliphatic carbocycles. The third kappa shape index (κ3) is 2.39. The summed E-state index contributed by atoms with van der Waals surface area (Å²) in [5, 5.41) is 0. The molecule has 17 heavy (non-hydrogen) atoms. The van der Waals surface area contributed by atoms with Gasteiger partial charge in [0.1, 0.15) is 11.5 Å². The van der Waals surface area contributed by atoms with Gasteiger partial charge in [-0.05, 0) is 25.5 Å². The Morgan fingerprint density at radius 1 is 1.59 bits per heavy atom. The third-order valence-corrected chi connectivity index (χ3v) is 3.14. The maximum absolute atomic E-state index is 12.2. The second-order valence-electron chi connectivity index (χ2n) is 4.30. The van der Waals surface area contributed by atoms with E-state index in [9.17, 15) is 4.79 Å². The second-order valence-corrected chi connectivity index (χ2v) is 4.30. The molecule has 0 bridgehead atoms. The fourth-order valence-corrected chi connectivity index (χ4v) is 2.13. The highest BCUT2D eigenvalue weighted by Gasteiger charge is 2.31. The standard InChI is InChI=1S/C12H17N3O2/c1-8-10(6-7-17-8)15(2)12(16)9-4-3-5-11(13)14-9/h3-5,8,10H,6-7H2,1-2H3,(H2,13,14). The predicted octanol–water partition coefficient (Wildman–Crippen LogP) is 0.913. The van der Waals surface area contributed by atoms with E-state index in [-0.39, 0.29) is 18.1 Å². The lowest BCUT2D eigenvalue weighted by Gasteiger charge is -2.26. The maximum Gasteiger partial charge on any atom is 0.272 e. The molecule has 1 aromatic heterocycles. The number of aromatic nitrogens is 1. The van der Waals surface area contributed by atoms with Gasteiger partial charge in [-0.15, -0.1) is 0 Å². The monoisotopic (exact) mass is 235 g/mol. The highest BCUT2D eigenvalue weighted by molar-refractivity contribution is 5.92. The molecule has 1 saturated heterocycles. The van der Waals surface area contributed by atoms with E-state index >= 15 is 0 Å². The van der Waals surface area contributed by atoms with Gasteiger partial charge in [-0.2, -0.15) is 0 Å². The van der Waals surface area contributed by atoms with Gasteiger partial charge in [-0.25, -0.2) is 4.98 Å². The van der Waals surface area contributed by atoms with Gasteiger partial charge in [-0.3, -0.25) is 4.79 Å². The number of ether oxygens (including phenoxy) is 1. The maximum atomic E-state index is 12.2. The normalized spacial score (nSPS) is 23.6.